The zero-order valence-electron chi connectivity index (χ0n) is 15.6. The summed E-state index contributed by atoms with van der Waals surface area (Å²) >= 11 is 1.55. The fourth-order valence-electron chi connectivity index (χ4n) is 3.14. The largest absolute Gasteiger partial charge is 0.352 e. The van der Waals surface area contributed by atoms with Gasteiger partial charge in [-0.15, -0.1) is 11.3 Å². The van der Waals surface area contributed by atoms with E-state index in [9.17, 15) is 4.79 Å². The number of thiazole rings is 1. The molecule has 0 saturated heterocycles. The molecular weight excluding hydrogens is 342 g/mol. The van der Waals surface area contributed by atoms with Crippen molar-refractivity contribution >= 4 is 17.2 Å². The molecule has 0 saturated carbocycles. The first-order valence-electron chi connectivity index (χ1n) is 9.00. The summed E-state index contributed by atoms with van der Waals surface area (Å²) in [4.78, 5) is 16.9. The Balaban J connectivity index is 1.65. The minimum Gasteiger partial charge on any atom is -0.352 e. The van der Waals surface area contributed by atoms with Gasteiger partial charge in [0.2, 0.25) is 5.91 Å². The number of nitrogens with one attached hydrogen (secondary N) is 1. The lowest BCUT2D eigenvalue weighted by Crippen LogP contribution is -2.24. The Labute approximate surface area is 158 Å². The van der Waals surface area contributed by atoms with E-state index in [0.717, 1.165) is 29.2 Å². The molecule has 1 N–H and O–H groups in total. The van der Waals surface area contributed by atoms with E-state index in [0.29, 0.717) is 13.0 Å². The van der Waals surface area contributed by atoms with Crippen molar-refractivity contribution in [2.75, 3.05) is 0 Å². The predicted octanol–water partition coefficient (Wildman–Crippen LogP) is 4.50. The molecular formula is C21H25N3OS. The molecule has 3 aromatic rings. The van der Waals surface area contributed by atoms with E-state index in [1.807, 2.05) is 30.3 Å². The number of rotatable bonds is 7. The Morgan fingerprint density at radius 3 is 2.73 bits per heavy atom. The van der Waals surface area contributed by atoms with Crippen molar-refractivity contribution in [3.8, 4) is 11.3 Å². The molecule has 4 nitrogen and oxygen atoms in total. The molecule has 0 aliphatic heterocycles. The maximum absolute atomic E-state index is 12.2. The number of amides is 1. The zero-order chi connectivity index (χ0) is 18.5. The van der Waals surface area contributed by atoms with Gasteiger partial charge in [0.15, 0.2) is 0 Å². The van der Waals surface area contributed by atoms with Gasteiger partial charge in [-0.25, -0.2) is 4.98 Å². The summed E-state index contributed by atoms with van der Waals surface area (Å²) in [6.07, 6.45) is 1.44. The number of benzene rings is 1. The Morgan fingerprint density at radius 1 is 1.23 bits per heavy atom. The molecule has 2 aromatic heterocycles. The number of nitrogens with zero attached hydrogens (tertiary/aromatic N) is 2. The van der Waals surface area contributed by atoms with Crippen LogP contribution in [0.25, 0.3) is 11.3 Å². The van der Waals surface area contributed by atoms with Gasteiger partial charge >= 0.3 is 0 Å². The van der Waals surface area contributed by atoms with Gasteiger partial charge in [-0.05, 0) is 31.9 Å². The lowest BCUT2D eigenvalue weighted by atomic mass is 10.2. The second-order valence-electron chi connectivity index (χ2n) is 6.50. The third kappa shape index (κ3) is 4.22. The zero-order valence-corrected chi connectivity index (χ0v) is 16.4. The number of aryl methyl sites for hydroxylation is 1. The molecule has 1 amide bonds. The van der Waals surface area contributed by atoms with E-state index in [4.69, 9.17) is 4.98 Å². The maximum atomic E-state index is 12.2. The standard InChI is InChI=1S/C21H25N3OS/c1-4-10-24-15(2)11-18(16(24)3)19-14-26-21(23-19)12-20(25)22-13-17-8-6-5-7-9-17/h5-9,11,14H,4,10,12-13H2,1-3H3,(H,22,25). The molecule has 0 spiro atoms. The van der Waals surface area contributed by atoms with Crippen LogP contribution < -0.4 is 5.32 Å². The van der Waals surface area contributed by atoms with Gasteiger partial charge in [0, 0.05) is 35.4 Å². The topological polar surface area (TPSA) is 46.9 Å². The molecule has 0 aliphatic rings. The Bertz CT molecular complexity index is 880. The first-order valence-corrected chi connectivity index (χ1v) is 9.88. The highest BCUT2D eigenvalue weighted by Crippen LogP contribution is 2.28. The Kier molecular flexibility index (Phi) is 5.89. The van der Waals surface area contributed by atoms with Crippen LogP contribution >= 0.6 is 11.3 Å². The van der Waals surface area contributed by atoms with Crippen LogP contribution in [0.1, 0.15) is 35.3 Å². The quantitative estimate of drug-likeness (QED) is 0.668. The van der Waals surface area contributed by atoms with E-state index < -0.39 is 0 Å². The van der Waals surface area contributed by atoms with Crippen molar-refractivity contribution < 1.29 is 4.79 Å². The molecule has 5 heteroatoms. The number of carbonyl (C=O) groups excluding carboxylic acids is 1. The molecule has 3 rings (SSSR count). The van der Waals surface area contributed by atoms with Gasteiger partial charge < -0.3 is 9.88 Å². The molecule has 2 heterocycles. The third-order valence-electron chi connectivity index (χ3n) is 4.49. The smallest absolute Gasteiger partial charge is 0.227 e. The monoisotopic (exact) mass is 367 g/mol. The molecule has 26 heavy (non-hydrogen) atoms. The second kappa shape index (κ2) is 8.32. The first kappa shape index (κ1) is 18.4. The summed E-state index contributed by atoms with van der Waals surface area (Å²) < 4.78 is 2.33. The van der Waals surface area contributed by atoms with Gasteiger partial charge in [0.25, 0.3) is 0 Å². The molecule has 136 valence electrons. The lowest BCUT2D eigenvalue weighted by Gasteiger charge is -2.07. The molecule has 0 radical (unpaired) electrons. The van der Waals surface area contributed by atoms with Crippen LogP contribution in [0.2, 0.25) is 0 Å². The number of hydrogen-bond acceptors (Lipinski definition) is 3. The van der Waals surface area contributed by atoms with Gasteiger partial charge in [0.05, 0.1) is 12.1 Å². The van der Waals surface area contributed by atoms with Crippen LogP contribution in [0.15, 0.2) is 41.8 Å². The molecule has 0 unspecified atom stereocenters. The molecule has 0 fully saturated rings. The van der Waals surface area contributed by atoms with E-state index in [1.54, 1.807) is 11.3 Å². The third-order valence-corrected chi connectivity index (χ3v) is 5.34. The van der Waals surface area contributed by atoms with Crippen molar-refractivity contribution in [2.45, 2.75) is 46.7 Å². The Morgan fingerprint density at radius 2 is 2.00 bits per heavy atom. The fourth-order valence-corrected chi connectivity index (χ4v) is 3.93. The van der Waals surface area contributed by atoms with E-state index in [1.165, 1.54) is 17.0 Å². The van der Waals surface area contributed by atoms with Crippen LogP contribution in [0.4, 0.5) is 0 Å². The normalized spacial score (nSPS) is 10.9. The van der Waals surface area contributed by atoms with E-state index in [-0.39, 0.29) is 5.91 Å². The van der Waals surface area contributed by atoms with Crippen molar-refractivity contribution in [1.82, 2.24) is 14.9 Å². The number of carbonyl (C=O) groups is 1. The average Bonchev–Trinajstić information content (AvgIpc) is 3.20. The highest BCUT2D eigenvalue weighted by atomic mass is 32.1. The van der Waals surface area contributed by atoms with Crippen molar-refractivity contribution in [1.29, 1.82) is 0 Å². The summed E-state index contributed by atoms with van der Waals surface area (Å²) in [5.74, 6) is 0.00575. The molecule has 0 bridgehead atoms. The van der Waals surface area contributed by atoms with Crippen molar-refractivity contribution in [3.63, 3.8) is 0 Å². The van der Waals surface area contributed by atoms with Crippen LogP contribution in [-0.4, -0.2) is 15.5 Å². The Hall–Kier alpha value is -2.40. The average molecular weight is 368 g/mol. The van der Waals surface area contributed by atoms with E-state index in [2.05, 4.69) is 42.1 Å². The molecule has 0 aliphatic carbocycles. The molecule has 1 aromatic carbocycles. The highest BCUT2D eigenvalue weighted by molar-refractivity contribution is 7.10. The van der Waals surface area contributed by atoms with Gasteiger partial charge in [-0.3, -0.25) is 4.79 Å². The van der Waals surface area contributed by atoms with Crippen molar-refractivity contribution in [3.05, 3.63) is 63.7 Å². The van der Waals surface area contributed by atoms with Gasteiger partial charge in [-0.2, -0.15) is 0 Å². The first-order chi connectivity index (χ1) is 12.6. The SMILES string of the molecule is CCCn1c(C)cc(-c2csc(CC(=O)NCc3ccccc3)n2)c1C. The summed E-state index contributed by atoms with van der Waals surface area (Å²) in [7, 11) is 0. The fraction of sp³-hybridized carbons (Fsp3) is 0.333. The summed E-state index contributed by atoms with van der Waals surface area (Å²) in [5.41, 5.74) is 5.74. The van der Waals surface area contributed by atoms with Crippen LogP contribution in [0.3, 0.4) is 0 Å². The minimum atomic E-state index is 0.00575. The predicted molar refractivity (Wildman–Crippen MR) is 107 cm³/mol. The maximum Gasteiger partial charge on any atom is 0.227 e. The van der Waals surface area contributed by atoms with Crippen LogP contribution in [0.5, 0.6) is 0 Å². The van der Waals surface area contributed by atoms with Gasteiger partial charge in [0.1, 0.15) is 5.01 Å². The highest BCUT2D eigenvalue weighted by Gasteiger charge is 2.14. The molecule has 0 atom stereocenters. The van der Waals surface area contributed by atoms with Crippen LogP contribution in [0, 0.1) is 13.8 Å². The van der Waals surface area contributed by atoms with Crippen molar-refractivity contribution in [2.24, 2.45) is 0 Å². The summed E-state index contributed by atoms with van der Waals surface area (Å²) in [6.45, 7) is 8.04. The second-order valence-corrected chi connectivity index (χ2v) is 7.44. The summed E-state index contributed by atoms with van der Waals surface area (Å²) in [6, 6.07) is 12.1. The van der Waals surface area contributed by atoms with E-state index >= 15 is 0 Å². The van der Waals surface area contributed by atoms with Crippen LogP contribution in [-0.2, 0) is 24.3 Å². The van der Waals surface area contributed by atoms with Gasteiger partial charge in [-0.1, -0.05) is 37.3 Å². The lowest BCUT2D eigenvalue weighted by molar-refractivity contribution is -0.120. The number of hydrogen-bond donors (Lipinski definition) is 1. The minimum absolute atomic E-state index is 0.00575. The number of aromatic nitrogens is 2. The summed E-state index contributed by atoms with van der Waals surface area (Å²) in [5, 5.41) is 5.87.